The minimum absolute atomic E-state index is 0.798. The van der Waals surface area contributed by atoms with Gasteiger partial charge in [0.1, 0.15) is 0 Å². The maximum absolute atomic E-state index is 2.47. The van der Waals surface area contributed by atoms with Crippen molar-refractivity contribution in [2.75, 3.05) is 11.5 Å². The van der Waals surface area contributed by atoms with E-state index in [-0.39, 0.29) is 0 Å². The van der Waals surface area contributed by atoms with Crippen LogP contribution in [0, 0.1) is 11.8 Å². The molecule has 0 amide bonds. The van der Waals surface area contributed by atoms with Crippen molar-refractivity contribution < 1.29 is 0 Å². The summed E-state index contributed by atoms with van der Waals surface area (Å²) >= 11 is 4.25. The fraction of sp³-hybridized carbons (Fsp3) is 0.636. The number of fused-ring (bicyclic) bond motifs is 1. The second-order valence-corrected chi connectivity index (χ2v) is 6.34. The van der Waals surface area contributed by atoms with E-state index >= 15 is 0 Å². The SMILES string of the molecule is C1=C[C@@H]2CC[C@H]1CC1=C2SCCS1. The average molecular weight is 210 g/mol. The Morgan fingerprint density at radius 1 is 1.08 bits per heavy atom. The molecule has 2 heteroatoms. The summed E-state index contributed by atoms with van der Waals surface area (Å²) in [7, 11) is 0. The highest BCUT2D eigenvalue weighted by molar-refractivity contribution is 8.10. The van der Waals surface area contributed by atoms with Gasteiger partial charge in [0.2, 0.25) is 0 Å². The first-order valence-corrected chi connectivity index (χ1v) is 7.07. The monoisotopic (exact) mass is 210 g/mol. The van der Waals surface area contributed by atoms with E-state index in [4.69, 9.17) is 0 Å². The Kier molecular flexibility index (Phi) is 2.22. The minimum atomic E-state index is 0.798. The average Bonchev–Trinajstić information content (AvgIpc) is 2.46. The third-order valence-electron chi connectivity index (χ3n) is 3.14. The molecule has 0 aromatic rings. The molecule has 13 heavy (non-hydrogen) atoms. The summed E-state index contributed by atoms with van der Waals surface area (Å²) in [5, 5.41) is 0. The summed E-state index contributed by atoms with van der Waals surface area (Å²) in [5.74, 6) is 4.34. The largest absolute Gasteiger partial charge is 0.129 e. The van der Waals surface area contributed by atoms with E-state index < -0.39 is 0 Å². The Balaban J connectivity index is 1.99. The Labute approximate surface area is 88.2 Å². The van der Waals surface area contributed by atoms with E-state index in [1.54, 1.807) is 9.81 Å². The van der Waals surface area contributed by atoms with E-state index in [0.29, 0.717) is 0 Å². The highest BCUT2D eigenvalue weighted by atomic mass is 32.2. The first-order valence-electron chi connectivity index (χ1n) is 5.10. The van der Waals surface area contributed by atoms with Crippen molar-refractivity contribution in [1.82, 2.24) is 0 Å². The number of rotatable bonds is 0. The summed E-state index contributed by atoms with van der Waals surface area (Å²) in [4.78, 5) is 3.46. The van der Waals surface area contributed by atoms with Crippen molar-refractivity contribution in [3.63, 3.8) is 0 Å². The van der Waals surface area contributed by atoms with Crippen molar-refractivity contribution in [2.24, 2.45) is 11.8 Å². The Morgan fingerprint density at radius 3 is 2.85 bits per heavy atom. The van der Waals surface area contributed by atoms with Gasteiger partial charge < -0.3 is 0 Å². The van der Waals surface area contributed by atoms with Crippen molar-refractivity contribution in [3.05, 3.63) is 22.0 Å². The van der Waals surface area contributed by atoms with Gasteiger partial charge in [0.15, 0.2) is 0 Å². The summed E-state index contributed by atoms with van der Waals surface area (Å²) in [6.45, 7) is 0. The van der Waals surface area contributed by atoms with Gasteiger partial charge in [0.05, 0.1) is 0 Å². The zero-order valence-electron chi connectivity index (χ0n) is 7.66. The molecule has 0 saturated heterocycles. The highest BCUT2D eigenvalue weighted by Crippen LogP contribution is 2.48. The topological polar surface area (TPSA) is 0 Å². The van der Waals surface area contributed by atoms with Crippen molar-refractivity contribution in [3.8, 4) is 0 Å². The summed E-state index contributed by atoms with van der Waals surface area (Å²) in [6, 6.07) is 0. The second-order valence-electron chi connectivity index (χ2n) is 4.02. The van der Waals surface area contributed by atoms with Gasteiger partial charge in [-0.3, -0.25) is 0 Å². The first-order chi connectivity index (χ1) is 6.43. The molecule has 0 saturated carbocycles. The van der Waals surface area contributed by atoms with E-state index in [0.717, 1.165) is 11.8 Å². The fourth-order valence-corrected chi connectivity index (χ4v) is 5.21. The first kappa shape index (κ1) is 8.49. The molecule has 1 heterocycles. The Morgan fingerprint density at radius 2 is 2.00 bits per heavy atom. The van der Waals surface area contributed by atoms with Gasteiger partial charge >= 0.3 is 0 Å². The van der Waals surface area contributed by atoms with E-state index in [1.807, 2.05) is 0 Å². The normalized spacial score (nSPS) is 37.5. The van der Waals surface area contributed by atoms with Crippen LogP contribution in [-0.4, -0.2) is 11.5 Å². The lowest BCUT2D eigenvalue weighted by Gasteiger charge is -2.21. The molecular formula is C11H14S2. The van der Waals surface area contributed by atoms with Gasteiger partial charge in [-0.15, -0.1) is 23.5 Å². The molecular weight excluding hydrogens is 196 g/mol. The number of hydrogen-bond donors (Lipinski definition) is 0. The smallest absolute Gasteiger partial charge is 0.00861 e. The van der Waals surface area contributed by atoms with E-state index in [2.05, 4.69) is 35.7 Å². The Bertz CT molecular complexity index is 278. The molecule has 2 bridgehead atoms. The second kappa shape index (κ2) is 3.39. The lowest BCUT2D eigenvalue weighted by atomic mass is 9.91. The van der Waals surface area contributed by atoms with Crippen LogP contribution in [0.4, 0.5) is 0 Å². The zero-order chi connectivity index (χ0) is 8.67. The van der Waals surface area contributed by atoms with Crippen LogP contribution in [0.3, 0.4) is 0 Å². The molecule has 0 spiro atoms. The fourth-order valence-electron chi connectivity index (χ4n) is 2.45. The van der Waals surface area contributed by atoms with Crippen molar-refractivity contribution in [2.45, 2.75) is 19.3 Å². The predicted octanol–water partition coefficient (Wildman–Crippen LogP) is 3.66. The minimum Gasteiger partial charge on any atom is -0.129 e. The summed E-state index contributed by atoms with van der Waals surface area (Å²) < 4.78 is 0. The van der Waals surface area contributed by atoms with Crippen LogP contribution in [-0.2, 0) is 0 Å². The molecule has 4 aliphatic rings. The molecule has 70 valence electrons. The number of hydrogen-bond acceptors (Lipinski definition) is 2. The molecule has 3 aliphatic carbocycles. The molecule has 0 fully saturated rings. The predicted molar refractivity (Wildman–Crippen MR) is 61.9 cm³/mol. The molecule has 0 aromatic heterocycles. The van der Waals surface area contributed by atoms with Gasteiger partial charge in [-0.1, -0.05) is 12.2 Å². The maximum Gasteiger partial charge on any atom is 0.00861 e. The number of allylic oxidation sites excluding steroid dienone is 4. The number of thioether (sulfide) groups is 2. The van der Waals surface area contributed by atoms with E-state index in [1.165, 1.54) is 30.8 Å². The van der Waals surface area contributed by atoms with Crippen molar-refractivity contribution in [1.29, 1.82) is 0 Å². The molecule has 0 N–H and O–H groups in total. The molecule has 1 aliphatic heterocycles. The van der Waals surface area contributed by atoms with Gasteiger partial charge in [-0.2, -0.15) is 0 Å². The van der Waals surface area contributed by atoms with Gasteiger partial charge in [-0.25, -0.2) is 0 Å². The van der Waals surface area contributed by atoms with Crippen LogP contribution in [0.15, 0.2) is 22.0 Å². The molecule has 2 atom stereocenters. The third kappa shape index (κ3) is 1.48. The quantitative estimate of drug-likeness (QED) is 0.560. The van der Waals surface area contributed by atoms with Gasteiger partial charge in [0, 0.05) is 22.3 Å². The van der Waals surface area contributed by atoms with Gasteiger partial charge in [0.25, 0.3) is 0 Å². The zero-order valence-corrected chi connectivity index (χ0v) is 9.29. The molecule has 0 unspecified atom stereocenters. The van der Waals surface area contributed by atoms with Crippen molar-refractivity contribution >= 4 is 23.5 Å². The lowest BCUT2D eigenvalue weighted by molar-refractivity contribution is 0.519. The third-order valence-corrected chi connectivity index (χ3v) is 5.94. The standard InChI is InChI=1S/C11H14S2/c1-3-9-4-2-8(1)7-10-11(9)13-6-5-12-10/h1,3,8-9H,2,4-7H2/t8-,9+/m0/s1. The van der Waals surface area contributed by atoms with Crippen LogP contribution in [0.25, 0.3) is 0 Å². The van der Waals surface area contributed by atoms with Crippen LogP contribution < -0.4 is 0 Å². The Hall–Kier alpha value is 0.180. The summed E-state index contributed by atoms with van der Waals surface area (Å²) in [5.41, 5.74) is 0. The lowest BCUT2D eigenvalue weighted by Crippen LogP contribution is -2.05. The maximum atomic E-state index is 2.47. The van der Waals surface area contributed by atoms with Gasteiger partial charge in [-0.05, 0) is 30.1 Å². The summed E-state index contributed by atoms with van der Waals surface area (Å²) in [6.07, 6.45) is 9.12. The molecule has 0 radical (unpaired) electrons. The van der Waals surface area contributed by atoms with Crippen LogP contribution in [0.5, 0.6) is 0 Å². The van der Waals surface area contributed by atoms with Crippen LogP contribution >= 0.6 is 23.5 Å². The highest BCUT2D eigenvalue weighted by Gasteiger charge is 2.29. The molecule has 0 aromatic carbocycles. The van der Waals surface area contributed by atoms with E-state index in [9.17, 15) is 0 Å². The molecule has 0 nitrogen and oxygen atoms in total. The van der Waals surface area contributed by atoms with Crippen LogP contribution in [0.1, 0.15) is 19.3 Å². The molecule has 4 rings (SSSR count). The van der Waals surface area contributed by atoms with Crippen LogP contribution in [0.2, 0.25) is 0 Å².